The second-order valence-corrected chi connectivity index (χ2v) is 5.11. The fraction of sp³-hybridized carbons (Fsp3) is 0.833. The third-order valence-electron chi connectivity index (χ3n) is 3.05. The third kappa shape index (κ3) is 3.35. The van der Waals surface area contributed by atoms with Crippen LogP contribution in [0.1, 0.15) is 27.2 Å². The standard InChI is InChI=1S/C12H22N2O4/c1-4-13(6-8(2)3)12(18)14-7-9(15)5-10(14)11(16)17/h8-10,15H,4-7H2,1-3H3,(H,16,17)/t9-,10-/m0/s1. The Morgan fingerprint density at radius 2 is 2.06 bits per heavy atom. The number of urea groups is 1. The van der Waals surface area contributed by atoms with Crippen LogP contribution >= 0.6 is 0 Å². The molecule has 0 aromatic carbocycles. The van der Waals surface area contributed by atoms with Crippen LogP contribution < -0.4 is 0 Å². The van der Waals surface area contributed by atoms with Crippen LogP contribution in [0.3, 0.4) is 0 Å². The third-order valence-corrected chi connectivity index (χ3v) is 3.05. The monoisotopic (exact) mass is 258 g/mol. The van der Waals surface area contributed by atoms with Gasteiger partial charge in [0.1, 0.15) is 6.04 Å². The van der Waals surface area contributed by atoms with Crippen molar-refractivity contribution in [1.29, 1.82) is 0 Å². The number of nitrogens with zero attached hydrogens (tertiary/aromatic N) is 2. The molecule has 2 N–H and O–H groups in total. The summed E-state index contributed by atoms with van der Waals surface area (Å²) in [5.41, 5.74) is 0. The Kier molecular flexibility index (Phi) is 4.95. The van der Waals surface area contributed by atoms with E-state index in [2.05, 4.69) is 0 Å². The van der Waals surface area contributed by atoms with E-state index in [0.29, 0.717) is 19.0 Å². The summed E-state index contributed by atoms with van der Waals surface area (Å²) in [6.45, 7) is 7.10. The number of amides is 2. The number of aliphatic hydroxyl groups is 1. The van der Waals surface area contributed by atoms with Crippen molar-refractivity contribution in [2.24, 2.45) is 5.92 Å². The van der Waals surface area contributed by atoms with Gasteiger partial charge in [-0.2, -0.15) is 0 Å². The summed E-state index contributed by atoms with van der Waals surface area (Å²) in [5.74, 6) is -0.731. The molecule has 0 aromatic heterocycles. The summed E-state index contributed by atoms with van der Waals surface area (Å²) in [4.78, 5) is 26.2. The van der Waals surface area contributed by atoms with Gasteiger partial charge in [0.15, 0.2) is 0 Å². The SMILES string of the molecule is CCN(CC(C)C)C(=O)N1C[C@@H](O)C[C@H]1C(=O)O. The van der Waals surface area contributed by atoms with Crippen LogP contribution in [0.15, 0.2) is 0 Å². The molecule has 1 fully saturated rings. The number of likely N-dealkylation sites (tertiary alicyclic amines) is 1. The molecule has 0 bridgehead atoms. The van der Waals surface area contributed by atoms with E-state index >= 15 is 0 Å². The summed E-state index contributed by atoms with van der Waals surface area (Å²) in [6.07, 6.45) is -0.631. The Labute approximate surface area is 107 Å². The average Bonchev–Trinajstić information content (AvgIpc) is 2.67. The first-order valence-electron chi connectivity index (χ1n) is 6.33. The lowest BCUT2D eigenvalue weighted by Crippen LogP contribution is -2.49. The summed E-state index contributed by atoms with van der Waals surface area (Å²) < 4.78 is 0. The maximum Gasteiger partial charge on any atom is 0.326 e. The quantitative estimate of drug-likeness (QED) is 0.774. The number of carbonyl (C=O) groups excluding carboxylic acids is 1. The smallest absolute Gasteiger partial charge is 0.326 e. The summed E-state index contributed by atoms with van der Waals surface area (Å²) in [5, 5.41) is 18.6. The average molecular weight is 258 g/mol. The number of aliphatic hydroxyl groups excluding tert-OH is 1. The van der Waals surface area contributed by atoms with E-state index in [4.69, 9.17) is 5.11 Å². The highest BCUT2D eigenvalue weighted by Crippen LogP contribution is 2.20. The predicted octanol–water partition coefficient (Wildman–Crippen LogP) is 0.604. The van der Waals surface area contributed by atoms with Crippen molar-refractivity contribution in [2.75, 3.05) is 19.6 Å². The molecule has 6 nitrogen and oxygen atoms in total. The van der Waals surface area contributed by atoms with Crippen LogP contribution in [0, 0.1) is 5.92 Å². The number of carboxylic acids is 1. The number of hydrogen-bond acceptors (Lipinski definition) is 3. The number of carboxylic acid groups (broad SMARTS) is 1. The Morgan fingerprint density at radius 1 is 1.44 bits per heavy atom. The molecule has 6 heteroatoms. The molecule has 0 aliphatic carbocycles. The summed E-state index contributed by atoms with van der Waals surface area (Å²) >= 11 is 0. The van der Waals surface area contributed by atoms with E-state index in [1.807, 2.05) is 20.8 Å². The molecule has 0 spiro atoms. The van der Waals surface area contributed by atoms with Gasteiger partial charge in [-0.05, 0) is 12.8 Å². The Balaban J connectivity index is 2.77. The fourth-order valence-electron chi connectivity index (χ4n) is 2.22. The molecule has 1 rings (SSSR count). The number of aliphatic carboxylic acids is 1. The second-order valence-electron chi connectivity index (χ2n) is 5.11. The van der Waals surface area contributed by atoms with Crippen molar-refractivity contribution in [3.63, 3.8) is 0 Å². The van der Waals surface area contributed by atoms with E-state index in [9.17, 15) is 14.7 Å². The van der Waals surface area contributed by atoms with Crippen molar-refractivity contribution in [2.45, 2.75) is 39.3 Å². The van der Waals surface area contributed by atoms with Crippen LogP contribution in [0.4, 0.5) is 4.79 Å². The van der Waals surface area contributed by atoms with Crippen molar-refractivity contribution in [3.05, 3.63) is 0 Å². The lowest BCUT2D eigenvalue weighted by atomic mass is 10.2. The van der Waals surface area contributed by atoms with Gasteiger partial charge >= 0.3 is 12.0 Å². The van der Waals surface area contributed by atoms with Gasteiger partial charge in [-0.3, -0.25) is 0 Å². The first-order valence-corrected chi connectivity index (χ1v) is 6.33. The summed E-state index contributed by atoms with van der Waals surface area (Å²) in [6, 6.07) is -1.20. The molecule has 2 amide bonds. The van der Waals surface area contributed by atoms with Gasteiger partial charge in [0.2, 0.25) is 0 Å². The van der Waals surface area contributed by atoms with Crippen LogP contribution in [0.25, 0.3) is 0 Å². The van der Waals surface area contributed by atoms with Crippen molar-refractivity contribution in [1.82, 2.24) is 9.80 Å². The zero-order valence-corrected chi connectivity index (χ0v) is 11.2. The molecule has 1 saturated heterocycles. The molecule has 1 aliphatic rings. The van der Waals surface area contributed by atoms with Gasteiger partial charge in [0, 0.05) is 26.1 Å². The van der Waals surface area contributed by atoms with Gasteiger partial charge < -0.3 is 20.0 Å². The zero-order chi connectivity index (χ0) is 13.9. The van der Waals surface area contributed by atoms with Gasteiger partial charge in [-0.15, -0.1) is 0 Å². The van der Waals surface area contributed by atoms with Crippen molar-refractivity contribution < 1.29 is 19.8 Å². The number of hydrogen-bond donors (Lipinski definition) is 2. The first kappa shape index (κ1) is 14.8. The second kappa shape index (κ2) is 6.04. The Morgan fingerprint density at radius 3 is 2.50 bits per heavy atom. The van der Waals surface area contributed by atoms with Gasteiger partial charge in [0.05, 0.1) is 6.10 Å². The highest BCUT2D eigenvalue weighted by molar-refractivity contribution is 5.83. The lowest BCUT2D eigenvalue weighted by Gasteiger charge is -2.30. The highest BCUT2D eigenvalue weighted by Gasteiger charge is 2.40. The summed E-state index contributed by atoms with van der Waals surface area (Å²) in [7, 11) is 0. The largest absolute Gasteiger partial charge is 0.480 e. The molecule has 0 aromatic rings. The molecular weight excluding hydrogens is 236 g/mol. The maximum atomic E-state index is 12.2. The number of carbonyl (C=O) groups is 2. The molecule has 0 radical (unpaired) electrons. The number of β-amino-alcohol motifs (C(OH)–C–C–N with tert-alkyl or cyclic N) is 1. The van der Waals surface area contributed by atoms with Crippen molar-refractivity contribution in [3.8, 4) is 0 Å². The maximum absolute atomic E-state index is 12.2. The van der Waals surface area contributed by atoms with E-state index in [1.54, 1.807) is 4.90 Å². The van der Waals surface area contributed by atoms with E-state index in [0.717, 1.165) is 0 Å². The van der Waals surface area contributed by atoms with Crippen LogP contribution in [-0.2, 0) is 4.79 Å². The molecular formula is C12H22N2O4. The lowest BCUT2D eigenvalue weighted by molar-refractivity contribution is -0.141. The molecule has 0 saturated carbocycles. The number of rotatable bonds is 4. The van der Waals surface area contributed by atoms with Crippen molar-refractivity contribution >= 4 is 12.0 Å². The van der Waals surface area contributed by atoms with Gasteiger partial charge in [0.25, 0.3) is 0 Å². The van der Waals surface area contributed by atoms with E-state index in [1.165, 1.54) is 4.90 Å². The molecule has 18 heavy (non-hydrogen) atoms. The zero-order valence-electron chi connectivity index (χ0n) is 11.2. The molecule has 2 atom stereocenters. The topological polar surface area (TPSA) is 81.1 Å². The normalized spacial score (nSPS) is 23.5. The molecule has 0 unspecified atom stereocenters. The first-order chi connectivity index (χ1) is 8.36. The predicted molar refractivity (Wildman–Crippen MR) is 66.2 cm³/mol. The Bertz CT molecular complexity index is 319. The Hall–Kier alpha value is -1.30. The molecule has 104 valence electrons. The van der Waals surface area contributed by atoms with Crippen LogP contribution in [0.2, 0.25) is 0 Å². The van der Waals surface area contributed by atoms with Crippen LogP contribution in [-0.4, -0.2) is 63.8 Å². The van der Waals surface area contributed by atoms with E-state index < -0.39 is 18.1 Å². The van der Waals surface area contributed by atoms with E-state index in [-0.39, 0.29) is 19.0 Å². The molecule has 1 heterocycles. The van der Waals surface area contributed by atoms with Gasteiger partial charge in [-0.25, -0.2) is 9.59 Å². The minimum atomic E-state index is -1.06. The fourth-order valence-corrected chi connectivity index (χ4v) is 2.22. The minimum Gasteiger partial charge on any atom is -0.480 e. The highest BCUT2D eigenvalue weighted by atomic mass is 16.4. The molecule has 1 aliphatic heterocycles. The van der Waals surface area contributed by atoms with Crippen LogP contribution in [0.5, 0.6) is 0 Å². The minimum absolute atomic E-state index is 0.102. The van der Waals surface area contributed by atoms with Gasteiger partial charge in [-0.1, -0.05) is 13.8 Å².